The molecule has 1 fully saturated rings. The van der Waals surface area contributed by atoms with Crippen LogP contribution in [0.3, 0.4) is 0 Å². The van der Waals surface area contributed by atoms with Gasteiger partial charge in [-0.25, -0.2) is 0 Å². The van der Waals surface area contributed by atoms with E-state index in [0.29, 0.717) is 11.4 Å². The van der Waals surface area contributed by atoms with E-state index in [-0.39, 0.29) is 0 Å². The Hall–Kier alpha value is -0.380. The van der Waals surface area contributed by atoms with Gasteiger partial charge in [0.1, 0.15) is 12.5 Å². The first-order chi connectivity index (χ1) is 5.29. The summed E-state index contributed by atoms with van der Waals surface area (Å²) in [4.78, 5) is 2.32. The van der Waals surface area contributed by atoms with Crippen LogP contribution < -0.4 is 0 Å². The normalized spacial score (nSPS) is 36.2. The molecule has 2 atom stereocenters. The molecule has 0 N–H and O–H groups in total. The molecule has 0 aliphatic carbocycles. The summed E-state index contributed by atoms with van der Waals surface area (Å²) in [5, 5.41) is 6.98. The maximum Gasteiger partial charge on any atom is 0.130 e. The van der Waals surface area contributed by atoms with Crippen molar-refractivity contribution >= 4 is 18.1 Å². The SMILES string of the molecule is C[C@@H]1SCCN2C=NN(C)C12. The van der Waals surface area contributed by atoms with Crippen molar-refractivity contribution in [3.63, 3.8) is 0 Å². The molecule has 2 aliphatic rings. The van der Waals surface area contributed by atoms with Crippen molar-refractivity contribution in [2.45, 2.75) is 18.3 Å². The minimum Gasteiger partial charge on any atom is -0.338 e. The molecule has 0 bridgehead atoms. The molecule has 2 aliphatic heterocycles. The standard InChI is InChI=1S/C7H13N3S/c1-6-7-9(2)8-5-10(7)3-4-11-6/h5-7H,3-4H2,1-2H3/t6-,7?/m0/s1. The Bertz CT molecular complexity index is 183. The first kappa shape index (κ1) is 7.28. The van der Waals surface area contributed by atoms with Gasteiger partial charge in [-0.2, -0.15) is 16.9 Å². The van der Waals surface area contributed by atoms with Crippen molar-refractivity contribution in [3.05, 3.63) is 0 Å². The summed E-state index contributed by atoms with van der Waals surface area (Å²) in [6.45, 7) is 3.42. The first-order valence-electron chi connectivity index (χ1n) is 3.93. The second-order valence-corrected chi connectivity index (χ2v) is 4.52. The fourth-order valence-electron chi connectivity index (χ4n) is 1.69. The lowest BCUT2D eigenvalue weighted by Gasteiger charge is -2.36. The van der Waals surface area contributed by atoms with Crippen LogP contribution >= 0.6 is 11.8 Å². The molecular weight excluding hydrogens is 158 g/mol. The molecule has 0 aromatic carbocycles. The van der Waals surface area contributed by atoms with Crippen molar-refractivity contribution in [1.29, 1.82) is 0 Å². The maximum absolute atomic E-state index is 4.25. The van der Waals surface area contributed by atoms with Crippen molar-refractivity contribution in [3.8, 4) is 0 Å². The Labute approximate surface area is 71.4 Å². The van der Waals surface area contributed by atoms with Gasteiger partial charge >= 0.3 is 0 Å². The molecule has 0 amide bonds. The highest BCUT2D eigenvalue weighted by Crippen LogP contribution is 2.27. The van der Waals surface area contributed by atoms with E-state index in [9.17, 15) is 0 Å². The molecule has 3 nitrogen and oxygen atoms in total. The van der Waals surface area contributed by atoms with Crippen molar-refractivity contribution in [1.82, 2.24) is 9.91 Å². The van der Waals surface area contributed by atoms with Gasteiger partial charge in [0.25, 0.3) is 0 Å². The van der Waals surface area contributed by atoms with Gasteiger partial charge in [-0.15, -0.1) is 0 Å². The second-order valence-electron chi connectivity index (χ2n) is 3.03. The number of thioether (sulfide) groups is 1. The average Bonchev–Trinajstić information content (AvgIpc) is 2.34. The van der Waals surface area contributed by atoms with E-state index < -0.39 is 0 Å². The predicted octanol–water partition coefficient (Wildman–Crippen LogP) is 0.638. The van der Waals surface area contributed by atoms with Gasteiger partial charge in [0, 0.05) is 24.6 Å². The van der Waals surface area contributed by atoms with Gasteiger partial charge in [0.15, 0.2) is 0 Å². The van der Waals surface area contributed by atoms with Crippen LogP contribution in [0.2, 0.25) is 0 Å². The second kappa shape index (κ2) is 2.59. The molecule has 0 aromatic rings. The van der Waals surface area contributed by atoms with Crippen LogP contribution in [0.4, 0.5) is 0 Å². The topological polar surface area (TPSA) is 18.8 Å². The number of hydrogen-bond donors (Lipinski definition) is 0. The number of nitrogens with zero attached hydrogens (tertiary/aromatic N) is 3. The monoisotopic (exact) mass is 171 g/mol. The molecule has 4 heteroatoms. The number of hydrogen-bond acceptors (Lipinski definition) is 4. The maximum atomic E-state index is 4.25. The van der Waals surface area contributed by atoms with Gasteiger partial charge in [0.2, 0.25) is 0 Å². The van der Waals surface area contributed by atoms with Crippen LogP contribution in [0.25, 0.3) is 0 Å². The van der Waals surface area contributed by atoms with Crippen LogP contribution in [0.15, 0.2) is 5.10 Å². The third-order valence-corrected chi connectivity index (χ3v) is 3.44. The van der Waals surface area contributed by atoms with Crippen LogP contribution in [0.1, 0.15) is 6.92 Å². The Morgan fingerprint density at radius 2 is 2.45 bits per heavy atom. The highest BCUT2D eigenvalue weighted by molar-refractivity contribution is 8.00. The summed E-state index contributed by atoms with van der Waals surface area (Å²) in [6.07, 6.45) is 2.47. The van der Waals surface area contributed by atoms with E-state index in [1.807, 2.05) is 25.1 Å². The summed E-state index contributed by atoms with van der Waals surface area (Å²) in [7, 11) is 2.05. The van der Waals surface area contributed by atoms with Crippen LogP contribution in [0, 0.1) is 0 Å². The van der Waals surface area contributed by atoms with Crippen molar-refractivity contribution < 1.29 is 0 Å². The van der Waals surface area contributed by atoms with Crippen LogP contribution in [-0.2, 0) is 0 Å². The molecule has 0 saturated carbocycles. The van der Waals surface area contributed by atoms with E-state index in [1.165, 1.54) is 5.75 Å². The molecule has 0 spiro atoms. The van der Waals surface area contributed by atoms with Gasteiger partial charge in [-0.1, -0.05) is 0 Å². The fourth-order valence-corrected chi connectivity index (χ4v) is 2.89. The number of hydrazone groups is 1. The van der Waals surface area contributed by atoms with E-state index in [4.69, 9.17) is 0 Å². The molecule has 0 aromatic heterocycles. The van der Waals surface area contributed by atoms with E-state index >= 15 is 0 Å². The predicted molar refractivity (Wildman–Crippen MR) is 48.7 cm³/mol. The Balaban J connectivity index is 2.13. The molecule has 1 unspecified atom stereocenters. The highest BCUT2D eigenvalue weighted by Gasteiger charge is 2.33. The minimum atomic E-state index is 0.508. The number of rotatable bonds is 0. The van der Waals surface area contributed by atoms with Gasteiger partial charge < -0.3 is 4.90 Å². The Morgan fingerprint density at radius 3 is 3.18 bits per heavy atom. The molecule has 0 radical (unpaired) electrons. The van der Waals surface area contributed by atoms with E-state index in [0.717, 1.165) is 6.54 Å². The molecular formula is C7H13N3S. The smallest absolute Gasteiger partial charge is 0.130 e. The summed E-state index contributed by atoms with van der Waals surface area (Å²) in [6, 6.07) is 0. The largest absolute Gasteiger partial charge is 0.338 e. The molecule has 2 rings (SSSR count). The average molecular weight is 171 g/mol. The zero-order valence-corrected chi connectivity index (χ0v) is 7.71. The molecule has 2 heterocycles. The third-order valence-electron chi connectivity index (χ3n) is 2.25. The Morgan fingerprint density at radius 1 is 1.64 bits per heavy atom. The first-order valence-corrected chi connectivity index (χ1v) is 4.98. The molecule has 1 saturated heterocycles. The van der Waals surface area contributed by atoms with Crippen LogP contribution in [-0.4, -0.2) is 47.0 Å². The third kappa shape index (κ3) is 1.09. The quantitative estimate of drug-likeness (QED) is 0.533. The summed E-state index contributed by atoms with van der Waals surface area (Å²) >= 11 is 2.03. The highest BCUT2D eigenvalue weighted by atomic mass is 32.2. The van der Waals surface area contributed by atoms with E-state index in [1.54, 1.807) is 0 Å². The zero-order valence-electron chi connectivity index (χ0n) is 6.90. The molecule has 11 heavy (non-hydrogen) atoms. The summed E-state index contributed by atoms with van der Waals surface area (Å²) < 4.78 is 0. The number of fused-ring (bicyclic) bond motifs is 1. The fraction of sp³-hybridized carbons (Fsp3) is 0.857. The zero-order chi connectivity index (χ0) is 7.84. The Kier molecular flexibility index (Phi) is 1.71. The summed E-state index contributed by atoms with van der Waals surface area (Å²) in [5.74, 6) is 1.23. The minimum absolute atomic E-state index is 0.508. The lowest BCUT2D eigenvalue weighted by atomic mass is 10.3. The molecule has 62 valence electrons. The lowest BCUT2D eigenvalue weighted by Crippen LogP contribution is -2.48. The van der Waals surface area contributed by atoms with Gasteiger partial charge in [0.05, 0.1) is 0 Å². The lowest BCUT2D eigenvalue weighted by molar-refractivity contribution is 0.161. The summed E-state index contributed by atoms with van der Waals surface area (Å²) in [5.41, 5.74) is 0. The van der Waals surface area contributed by atoms with Crippen molar-refractivity contribution in [2.24, 2.45) is 5.10 Å². The van der Waals surface area contributed by atoms with Crippen LogP contribution in [0.5, 0.6) is 0 Å². The van der Waals surface area contributed by atoms with Crippen molar-refractivity contribution in [2.75, 3.05) is 19.3 Å². The van der Waals surface area contributed by atoms with E-state index in [2.05, 4.69) is 21.9 Å². The van der Waals surface area contributed by atoms with Gasteiger partial charge in [-0.3, -0.25) is 5.01 Å². The van der Waals surface area contributed by atoms with Gasteiger partial charge in [-0.05, 0) is 6.92 Å².